The van der Waals surface area contributed by atoms with Crippen LogP contribution in [0.2, 0.25) is 0 Å². The van der Waals surface area contributed by atoms with Gasteiger partial charge >= 0.3 is 7.60 Å². The second kappa shape index (κ2) is 8.30. The van der Waals surface area contributed by atoms with E-state index in [1.54, 1.807) is 12.1 Å². The van der Waals surface area contributed by atoms with Crippen LogP contribution in [-0.2, 0) is 14.0 Å². The molecule has 0 saturated heterocycles. The summed E-state index contributed by atoms with van der Waals surface area (Å²) in [6.07, 6.45) is -0.0532. The van der Waals surface area contributed by atoms with Crippen LogP contribution in [0.1, 0.15) is 6.92 Å². The van der Waals surface area contributed by atoms with Crippen LogP contribution in [0, 0.1) is 0 Å². The molecule has 0 spiro atoms. The summed E-state index contributed by atoms with van der Waals surface area (Å²) in [5.74, 6) is 0.415. The zero-order valence-electron chi connectivity index (χ0n) is 12.6. The Morgan fingerprint density at radius 2 is 1.73 bits per heavy atom. The van der Waals surface area contributed by atoms with Gasteiger partial charge in [0.05, 0.1) is 26.0 Å². The van der Waals surface area contributed by atoms with Crippen molar-refractivity contribution < 1.29 is 23.5 Å². The lowest BCUT2D eigenvalue weighted by molar-refractivity contribution is 0.0581. The third-order valence-corrected chi connectivity index (χ3v) is 4.31. The molecule has 2 aromatic carbocycles. The minimum atomic E-state index is -3.74. The van der Waals surface area contributed by atoms with Gasteiger partial charge in [-0.2, -0.15) is 0 Å². The van der Waals surface area contributed by atoms with Crippen molar-refractivity contribution in [1.82, 2.24) is 0 Å². The molecule has 1 N–H and O–H groups in total. The molecule has 0 aliphatic carbocycles. The molecule has 0 aliphatic heterocycles. The van der Waals surface area contributed by atoms with Gasteiger partial charge in [0.1, 0.15) is 5.75 Å². The monoisotopic (exact) mass is 324 g/mol. The predicted octanol–water partition coefficient (Wildman–Crippen LogP) is 3.46. The third kappa shape index (κ3) is 5.11. The predicted molar refractivity (Wildman–Crippen MR) is 86.6 cm³/mol. The maximum absolute atomic E-state index is 12.1. The summed E-state index contributed by atoms with van der Waals surface area (Å²) in [7, 11) is -3.74. The molecular weight excluding hydrogens is 303 g/mol. The topological polar surface area (TPSA) is 65.0 Å². The quantitative estimate of drug-likeness (QED) is 0.565. The Bertz CT molecular complexity index is 638. The molecule has 2 aromatic rings. The first-order valence-corrected chi connectivity index (χ1v) is 9.03. The van der Waals surface area contributed by atoms with Gasteiger partial charge in [0.2, 0.25) is 0 Å². The fourth-order valence-electron chi connectivity index (χ4n) is 2.02. The minimum Gasteiger partial charge on any atom is -0.424 e. The molecule has 120 valence electrons. The van der Waals surface area contributed by atoms with Crippen molar-refractivity contribution >= 4 is 18.4 Å². The first-order valence-electron chi connectivity index (χ1n) is 7.27. The van der Waals surface area contributed by atoms with Gasteiger partial charge < -0.3 is 18.9 Å². The highest BCUT2D eigenvalue weighted by molar-refractivity contribution is 7.53. The molecule has 22 heavy (non-hydrogen) atoms. The number of fused-ring (bicyclic) bond motifs is 1. The van der Waals surface area contributed by atoms with Crippen LogP contribution in [0.4, 0.5) is 0 Å². The number of ether oxygens (including phenoxy) is 2. The first-order chi connectivity index (χ1) is 10.6. The maximum Gasteiger partial charge on any atom is 0.378 e. The van der Waals surface area contributed by atoms with Crippen LogP contribution in [0.25, 0.3) is 10.8 Å². The van der Waals surface area contributed by atoms with Gasteiger partial charge in [-0.3, -0.25) is 0 Å². The average Bonchev–Trinajstić information content (AvgIpc) is 2.51. The van der Waals surface area contributed by atoms with Crippen LogP contribution >= 0.6 is 7.60 Å². The number of benzene rings is 2. The third-order valence-electron chi connectivity index (χ3n) is 3.08. The number of hydrogen-bond donors (Lipinski definition) is 1. The van der Waals surface area contributed by atoms with Crippen molar-refractivity contribution in [2.45, 2.75) is 6.92 Å². The normalized spacial score (nSPS) is 13.9. The zero-order valence-corrected chi connectivity index (χ0v) is 13.5. The van der Waals surface area contributed by atoms with Crippen molar-refractivity contribution in [2.75, 3.05) is 32.6 Å². The highest BCUT2D eigenvalue weighted by Gasteiger charge is 2.21. The van der Waals surface area contributed by atoms with Crippen molar-refractivity contribution in [3.05, 3.63) is 42.5 Å². The van der Waals surface area contributed by atoms with Gasteiger partial charge in [-0.1, -0.05) is 36.4 Å². The van der Waals surface area contributed by atoms with E-state index in [0.717, 1.165) is 10.8 Å². The summed E-state index contributed by atoms with van der Waals surface area (Å²) in [4.78, 5) is 9.95. The SMILES string of the molecule is CCOCCOCCP(=O)(O)Oc1cccc2ccccc12. The highest BCUT2D eigenvalue weighted by atomic mass is 31.2. The Hall–Kier alpha value is -1.39. The van der Waals surface area contributed by atoms with Crippen LogP contribution in [0.15, 0.2) is 42.5 Å². The van der Waals surface area contributed by atoms with E-state index >= 15 is 0 Å². The molecule has 0 aliphatic rings. The van der Waals surface area contributed by atoms with Crippen molar-refractivity contribution in [2.24, 2.45) is 0 Å². The maximum atomic E-state index is 12.1. The molecule has 6 heteroatoms. The molecule has 5 nitrogen and oxygen atoms in total. The van der Waals surface area contributed by atoms with Crippen molar-refractivity contribution in [3.8, 4) is 5.75 Å². The standard InChI is InChI=1S/C16H21O5P/c1-2-19-10-11-20-12-13-22(17,18)21-16-9-5-7-14-6-3-4-8-15(14)16/h3-9H,2,10-13H2,1H3,(H,17,18). The van der Waals surface area contributed by atoms with Gasteiger partial charge in [0.25, 0.3) is 0 Å². The Morgan fingerprint density at radius 1 is 1.00 bits per heavy atom. The molecule has 1 atom stereocenters. The Morgan fingerprint density at radius 3 is 2.55 bits per heavy atom. The lowest BCUT2D eigenvalue weighted by Gasteiger charge is -2.15. The molecule has 2 rings (SSSR count). The summed E-state index contributed by atoms with van der Waals surface area (Å²) < 4.78 is 27.9. The molecular formula is C16H21O5P. The van der Waals surface area contributed by atoms with E-state index in [9.17, 15) is 9.46 Å². The largest absolute Gasteiger partial charge is 0.424 e. The summed E-state index contributed by atoms with van der Waals surface area (Å²) in [5.41, 5.74) is 0. The van der Waals surface area contributed by atoms with Crippen LogP contribution < -0.4 is 4.52 Å². The van der Waals surface area contributed by atoms with Crippen molar-refractivity contribution in [1.29, 1.82) is 0 Å². The molecule has 0 fully saturated rings. The van der Waals surface area contributed by atoms with E-state index in [-0.39, 0.29) is 12.8 Å². The summed E-state index contributed by atoms with van der Waals surface area (Å²) >= 11 is 0. The highest BCUT2D eigenvalue weighted by Crippen LogP contribution is 2.44. The fraction of sp³-hybridized carbons (Fsp3) is 0.375. The van der Waals surface area contributed by atoms with Gasteiger partial charge in [-0.05, 0) is 18.4 Å². The van der Waals surface area contributed by atoms with Gasteiger partial charge in [0.15, 0.2) is 0 Å². The van der Waals surface area contributed by atoms with E-state index in [1.807, 2.05) is 37.3 Å². The molecule has 0 radical (unpaired) electrons. The Balaban J connectivity index is 1.92. The summed E-state index contributed by atoms with van der Waals surface area (Å²) in [6, 6.07) is 13.0. The molecule has 1 unspecified atom stereocenters. The lowest BCUT2D eigenvalue weighted by Crippen LogP contribution is -2.09. The molecule has 0 saturated carbocycles. The van der Waals surface area contributed by atoms with Crippen LogP contribution in [0.5, 0.6) is 5.75 Å². The Kier molecular flexibility index (Phi) is 6.40. The zero-order chi connectivity index (χ0) is 15.8. The number of hydrogen-bond acceptors (Lipinski definition) is 4. The molecule has 0 heterocycles. The van der Waals surface area contributed by atoms with E-state index in [4.69, 9.17) is 14.0 Å². The van der Waals surface area contributed by atoms with Crippen molar-refractivity contribution in [3.63, 3.8) is 0 Å². The van der Waals surface area contributed by atoms with Gasteiger partial charge in [0, 0.05) is 12.0 Å². The average molecular weight is 324 g/mol. The van der Waals surface area contributed by atoms with Crippen LogP contribution in [-0.4, -0.2) is 37.5 Å². The van der Waals surface area contributed by atoms with E-state index in [0.29, 0.717) is 25.6 Å². The Labute approximate surface area is 130 Å². The van der Waals surface area contributed by atoms with E-state index in [1.165, 1.54) is 0 Å². The smallest absolute Gasteiger partial charge is 0.378 e. The van der Waals surface area contributed by atoms with Gasteiger partial charge in [-0.25, -0.2) is 4.57 Å². The summed E-state index contributed by atoms with van der Waals surface area (Å²) in [5, 5.41) is 1.78. The van der Waals surface area contributed by atoms with Crippen LogP contribution in [0.3, 0.4) is 0 Å². The lowest BCUT2D eigenvalue weighted by atomic mass is 10.1. The summed E-state index contributed by atoms with van der Waals surface area (Å²) in [6.45, 7) is 3.58. The molecule has 0 amide bonds. The second-order valence-corrected chi connectivity index (χ2v) is 6.64. The number of rotatable bonds is 9. The second-order valence-electron chi connectivity index (χ2n) is 4.74. The minimum absolute atomic E-state index is 0.0532. The molecule has 0 bridgehead atoms. The van der Waals surface area contributed by atoms with Gasteiger partial charge in [-0.15, -0.1) is 0 Å². The first kappa shape index (κ1) is 17.0. The van der Waals surface area contributed by atoms with E-state index < -0.39 is 7.60 Å². The van der Waals surface area contributed by atoms with E-state index in [2.05, 4.69) is 0 Å². The molecule has 0 aromatic heterocycles. The fourth-order valence-corrected chi connectivity index (χ4v) is 2.94.